The molecule has 1 heterocycles. The van der Waals surface area contributed by atoms with Crippen LogP contribution < -0.4 is 10.2 Å². The van der Waals surface area contributed by atoms with Gasteiger partial charge in [0.15, 0.2) is 0 Å². The molecule has 27 heavy (non-hydrogen) atoms. The second kappa shape index (κ2) is 9.09. The van der Waals surface area contributed by atoms with E-state index < -0.39 is 0 Å². The molecular formula is C21H18BrN3O2. The predicted molar refractivity (Wildman–Crippen MR) is 109 cm³/mol. The summed E-state index contributed by atoms with van der Waals surface area (Å²) in [4.78, 5) is 16.2. The summed E-state index contributed by atoms with van der Waals surface area (Å²) in [6.45, 7) is 2.31. The summed E-state index contributed by atoms with van der Waals surface area (Å²) in [5.41, 5.74) is 5.63. The third-order valence-corrected chi connectivity index (χ3v) is 4.25. The van der Waals surface area contributed by atoms with Gasteiger partial charge < -0.3 is 4.74 Å². The zero-order valence-corrected chi connectivity index (χ0v) is 16.3. The van der Waals surface area contributed by atoms with Gasteiger partial charge in [-0.1, -0.05) is 46.3 Å². The Labute approximate surface area is 166 Å². The van der Waals surface area contributed by atoms with E-state index in [1.807, 2.05) is 55.5 Å². The van der Waals surface area contributed by atoms with Crippen molar-refractivity contribution in [2.75, 3.05) is 0 Å². The smallest absolute Gasteiger partial charge is 0.272 e. The Hall–Kier alpha value is -2.99. The molecule has 0 aliphatic carbocycles. The zero-order valence-electron chi connectivity index (χ0n) is 14.7. The van der Waals surface area contributed by atoms with Gasteiger partial charge in [0.25, 0.3) is 5.91 Å². The molecule has 1 amide bonds. The second-order valence-electron chi connectivity index (χ2n) is 5.84. The Morgan fingerprint density at radius 3 is 2.74 bits per heavy atom. The van der Waals surface area contributed by atoms with Crippen molar-refractivity contribution in [2.45, 2.75) is 13.5 Å². The molecule has 0 bridgehead atoms. The van der Waals surface area contributed by atoms with Gasteiger partial charge in [-0.2, -0.15) is 5.10 Å². The van der Waals surface area contributed by atoms with Crippen LogP contribution in [0.1, 0.15) is 27.2 Å². The van der Waals surface area contributed by atoms with Crippen LogP contribution in [-0.2, 0) is 6.61 Å². The molecule has 5 nitrogen and oxygen atoms in total. The van der Waals surface area contributed by atoms with Crippen LogP contribution in [0.3, 0.4) is 0 Å². The standard InChI is InChI=1S/C21H18BrN3O2/c1-15-7-8-17(12-23-15)21(26)25-24-13-18-11-19(22)9-10-20(18)27-14-16-5-3-2-4-6-16/h2-13H,14H2,1H3,(H,25,26)/b24-13-. The number of benzene rings is 2. The predicted octanol–water partition coefficient (Wildman–Crippen LogP) is 4.50. The topological polar surface area (TPSA) is 63.6 Å². The fourth-order valence-corrected chi connectivity index (χ4v) is 2.69. The summed E-state index contributed by atoms with van der Waals surface area (Å²) < 4.78 is 6.79. The summed E-state index contributed by atoms with van der Waals surface area (Å²) in [5, 5.41) is 4.04. The van der Waals surface area contributed by atoms with Crippen LogP contribution in [0.2, 0.25) is 0 Å². The number of hydrogen-bond donors (Lipinski definition) is 1. The maximum Gasteiger partial charge on any atom is 0.272 e. The number of aromatic nitrogens is 1. The Morgan fingerprint density at radius 1 is 1.19 bits per heavy atom. The third kappa shape index (κ3) is 5.49. The number of nitrogens with zero attached hydrogens (tertiary/aromatic N) is 2. The lowest BCUT2D eigenvalue weighted by Crippen LogP contribution is -2.17. The SMILES string of the molecule is Cc1ccc(C(=O)N/N=C\c2cc(Br)ccc2OCc2ccccc2)cn1. The quantitative estimate of drug-likeness (QED) is 0.468. The second-order valence-corrected chi connectivity index (χ2v) is 6.76. The van der Waals surface area contributed by atoms with Gasteiger partial charge >= 0.3 is 0 Å². The number of halogens is 1. The van der Waals surface area contributed by atoms with E-state index in [4.69, 9.17) is 4.74 Å². The number of rotatable bonds is 6. The lowest BCUT2D eigenvalue weighted by molar-refractivity contribution is 0.0954. The molecule has 2 aromatic carbocycles. The Morgan fingerprint density at radius 2 is 2.00 bits per heavy atom. The van der Waals surface area contributed by atoms with Gasteiger partial charge in [0.05, 0.1) is 11.8 Å². The number of hydrazone groups is 1. The van der Waals surface area contributed by atoms with Gasteiger partial charge in [0, 0.05) is 21.9 Å². The summed E-state index contributed by atoms with van der Waals surface area (Å²) in [7, 11) is 0. The van der Waals surface area contributed by atoms with Crippen molar-refractivity contribution in [3.8, 4) is 5.75 Å². The minimum Gasteiger partial charge on any atom is -0.488 e. The van der Waals surface area contributed by atoms with E-state index in [0.29, 0.717) is 17.9 Å². The fraction of sp³-hybridized carbons (Fsp3) is 0.0952. The maximum atomic E-state index is 12.1. The van der Waals surface area contributed by atoms with Crippen molar-refractivity contribution in [3.63, 3.8) is 0 Å². The van der Waals surface area contributed by atoms with Crippen molar-refractivity contribution >= 4 is 28.1 Å². The number of carbonyl (C=O) groups is 1. The van der Waals surface area contributed by atoms with E-state index in [-0.39, 0.29) is 5.91 Å². The number of hydrogen-bond acceptors (Lipinski definition) is 4. The van der Waals surface area contributed by atoms with Gasteiger partial charge in [-0.3, -0.25) is 9.78 Å². The van der Waals surface area contributed by atoms with E-state index in [2.05, 4.69) is 31.4 Å². The summed E-state index contributed by atoms with van der Waals surface area (Å²) in [6, 6.07) is 19.0. The highest BCUT2D eigenvalue weighted by molar-refractivity contribution is 9.10. The zero-order chi connectivity index (χ0) is 19.1. The molecule has 3 aromatic rings. The van der Waals surface area contributed by atoms with Crippen LogP contribution in [0, 0.1) is 6.92 Å². The maximum absolute atomic E-state index is 12.1. The molecule has 136 valence electrons. The Bertz CT molecular complexity index is 941. The van der Waals surface area contributed by atoms with E-state index in [1.54, 1.807) is 18.3 Å². The van der Waals surface area contributed by atoms with Crippen molar-refractivity contribution in [2.24, 2.45) is 5.10 Å². The number of aryl methyl sites for hydroxylation is 1. The van der Waals surface area contributed by atoms with Crippen molar-refractivity contribution in [1.82, 2.24) is 10.4 Å². The van der Waals surface area contributed by atoms with Gasteiger partial charge in [0.2, 0.25) is 0 Å². The number of ether oxygens (including phenoxy) is 1. The molecule has 0 unspecified atom stereocenters. The normalized spacial score (nSPS) is 10.7. The first-order valence-corrected chi connectivity index (χ1v) is 9.13. The van der Waals surface area contributed by atoms with Crippen molar-refractivity contribution in [3.05, 3.63) is 93.7 Å². The molecule has 0 radical (unpaired) electrons. The molecule has 1 aromatic heterocycles. The van der Waals surface area contributed by atoms with Crippen LogP contribution in [0.25, 0.3) is 0 Å². The van der Waals surface area contributed by atoms with Crippen LogP contribution in [0.15, 0.2) is 76.4 Å². The molecule has 0 fully saturated rings. The number of nitrogens with one attached hydrogen (secondary N) is 1. The number of carbonyl (C=O) groups excluding carboxylic acids is 1. The lowest BCUT2D eigenvalue weighted by Gasteiger charge is -2.09. The molecule has 0 aliphatic rings. The lowest BCUT2D eigenvalue weighted by atomic mass is 10.2. The van der Waals surface area contributed by atoms with Gasteiger partial charge in [-0.05, 0) is 42.8 Å². The fourth-order valence-electron chi connectivity index (χ4n) is 2.31. The van der Waals surface area contributed by atoms with Gasteiger partial charge in [-0.15, -0.1) is 0 Å². The Balaban J connectivity index is 1.68. The first-order chi connectivity index (χ1) is 13.1. The molecule has 0 spiro atoms. The highest BCUT2D eigenvalue weighted by atomic mass is 79.9. The summed E-state index contributed by atoms with van der Waals surface area (Å²) in [6.07, 6.45) is 3.08. The van der Waals surface area contributed by atoms with E-state index in [0.717, 1.165) is 21.3 Å². The highest BCUT2D eigenvalue weighted by Crippen LogP contribution is 2.22. The van der Waals surface area contributed by atoms with Crippen molar-refractivity contribution < 1.29 is 9.53 Å². The largest absolute Gasteiger partial charge is 0.488 e. The average Bonchev–Trinajstić information content (AvgIpc) is 2.68. The van der Waals surface area contributed by atoms with Crippen LogP contribution in [0.5, 0.6) is 5.75 Å². The molecule has 6 heteroatoms. The van der Waals surface area contributed by atoms with E-state index in [1.165, 1.54) is 6.20 Å². The minimum absolute atomic E-state index is 0.319. The van der Waals surface area contributed by atoms with E-state index in [9.17, 15) is 4.79 Å². The number of amides is 1. The molecular weight excluding hydrogens is 406 g/mol. The monoisotopic (exact) mass is 423 g/mol. The van der Waals surface area contributed by atoms with Gasteiger partial charge in [-0.25, -0.2) is 5.43 Å². The van der Waals surface area contributed by atoms with E-state index >= 15 is 0 Å². The minimum atomic E-state index is -0.319. The Kier molecular flexibility index (Phi) is 6.33. The number of pyridine rings is 1. The first-order valence-electron chi connectivity index (χ1n) is 8.34. The van der Waals surface area contributed by atoms with Crippen LogP contribution in [-0.4, -0.2) is 17.1 Å². The summed E-state index contributed by atoms with van der Waals surface area (Å²) >= 11 is 3.44. The average molecular weight is 424 g/mol. The molecule has 0 saturated carbocycles. The van der Waals surface area contributed by atoms with Crippen LogP contribution >= 0.6 is 15.9 Å². The molecule has 0 atom stereocenters. The summed E-state index contributed by atoms with van der Waals surface area (Å²) in [5.74, 6) is 0.359. The molecule has 1 N–H and O–H groups in total. The molecule has 0 aliphatic heterocycles. The highest BCUT2D eigenvalue weighted by Gasteiger charge is 2.06. The molecule has 3 rings (SSSR count). The van der Waals surface area contributed by atoms with Crippen LogP contribution in [0.4, 0.5) is 0 Å². The molecule has 0 saturated heterocycles. The van der Waals surface area contributed by atoms with Crippen molar-refractivity contribution in [1.29, 1.82) is 0 Å². The first kappa shape index (κ1) is 18.8. The third-order valence-electron chi connectivity index (χ3n) is 3.75. The van der Waals surface area contributed by atoms with Gasteiger partial charge in [0.1, 0.15) is 12.4 Å².